The van der Waals surface area contributed by atoms with E-state index < -0.39 is 10.0 Å². The number of rotatable bonds is 7. The number of hydrogen-bond acceptors (Lipinski definition) is 7. The van der Waals surface area contributed by atoms with Gasteiger partial charge < -0.3 is 9.14 Å². The molecule has 1 N–H and O–H groups in total. The molecule has 4 aromatic heterocycles. The minimum atomic E-state index is -3.67. The zero-order chi connectivity index (χ0) is 19.6. The molecule has 0 aromatic carbocycles. The zero-order valence-electron chi connectivity index (χ0n) is 14.9. The molecule has 0 fully saturated rings. The van der Waals surface area contributed by atoms with Crippen LogP contribution in [0, 0.1) is 0 Å². The third-order valence-electron chi connectivity index (χ3n) is 3.92. The number of sulfonamides is 1. The first-order valence-corrected chi connectivity index (χ1v) is 10.8. The third-order valence-corrected chi connectivity index (χ3v) is 6.93. The van der Waals surface area contributed by atoms with Crippen LogP contribution in [0.25, 0.3) is 16.1 Å². The van der Waals surface area contributed by atoms with Gasteiger partial charge in [0.15, 0.2) is 5.65 Å². The summed E-state index contributed by atoms with van der Waals surface area (Å²) in [5.41, 5.74) is 2.04. The molecular weight excluding hydrogens is 398 g/mol. The van der Waals surface area contributed by atoms with Crippen molar-refractivity contribution >= 4 is 27.0 Å². The minimum Gasteiger partial charge on any atom is -0.477 e. The van der Waals surface area contributed by atoms with E-state index in [4.69, 9.17) is 4.74 Å². The van der Waals surface area contributed by atoms with E-state index in [-0.39, 0.29) is 10.8 Å². The first kappa shape index (κ1) is 18.5. The van der Waals surface area contributed by atoms with E-state index in [1.807, 2.05) is 13.0 Å². The zero-order valence-corrected chi connectivity index (χ0v) is 16.6. The predicted molar refractivity (Wildman–Crippen MR) is 106 cm³/mol. The molecule has 0 atom stereocenters. The van der Waals surface area contributed by atoms with Gasteiger partial charge in [0, 0.05) is 29.7 Å². The van der Waals surface area contributed by atoms with Gasteiger partial charge >= 0.3 is 0 Å². The van der Waals surface area contributed by atoms with Crippen LogP contribution in [0.4, 0.5) is 0 Å². The van der Waals surface area contributed by atoms with Crippen LogP contribution < -0.4 is 9.46 Å². The van der Waals surface area contributed by atoms with Gasteiger partial charge in [-0.2, -0.15) is 0 Å². The van der Waals surface area contributed by atoms with Gasteiger partial charge in [-0.15, -0.1) is 11.3 Å². The molecule has 0 aliphatic carbocycles. The number of fused-ring (bicyclic) bond motifs is 1. The molecule has 0 saturated heterocycles. The Morgan fingerprint density at radius 3 is 2.96 bits per heavy atom. The summed E-state index contributed by atoms with van der Waals surface area (Å²) in [5.74, 6) is 0.488. The molecule has 0 spiro atoms. The van der Waals surface area contributed by atoms with E-state index in [1.165, 1.54) is 11.3 Å². The van der Waals surface area contributed by atoms with Crippen molar-refractivity contribution in [2.45, 2.75) is 17.7 Å². The number of imidazole rings is 1. The lowest BCUT2D eigenvalue weighted by molar-refractivity contribution is 0.328. The van der Waals surface area contributed by atoms with Gasteiger partial charge in [0.25, 0.3) is 0 Å². The number of hydrogen-bond donors (Lipinski definition) is 1. The van der Waals surface area contributed by atoms with Crippen molar-refractivity contribution in [3.63, 3.8) is 0 Å². The first-order valence-electron chi connectivity index (χ1n) is 8.52. The highest BCUT2D eigenvalue weighted by atomic mass is 32.2. The summed E-state index contributed by atoms with van der Waals surface area (Å²) < 4.78 is 35.5. The molecule has 0 bridgehead atoms. The second-order valence-electron chi connectivity index (χ2n) is 5.81. The SMILES string of the molecule is CCOc1ncccc1-c1ccc(S(=O)(=O)NCc2cn3ccncc3n2)s1. The molecule has 0 amide bonds. The summed E-state index contributed by atoms with van der Waals surface area (Å²) in [6.07, 6.45) is 8.43. The summed E-state index contributed by atoms with van der Waals surface area (Å²) in [4.78, 5) is 13.3. The normalized spacial score (nSPS) is 11.8. The quantitative estimate of drug-likeness (QED) is 0.498. The molecule has 4 aromatic rings. The van der Waals surface area contributed by atoms with E-state index in [0.29, 0.717) is 23.8 Å². The maximum absolute atomic E-state index is 12.7. The van der Waals surface area contributed by atoms with Gasteiger partial charge in [-0.05, 0) is 31.2 Å². The van der Waals surface area contributed by atoms with Gasteiger partial charge in [0.1, 0.15) is 4.21 Å². The fourth-order valence-electron chi connectivity index (χ4n) is 2.66. The Morgan fingerprint density at radius 1 is 1.25 bits per heavy atom. The van der Waals surface area contributed by atoms with E-state index in [2.05, 4.69) is 19.7 Å². The van der Waals surface area contributed by atoms with Crippen LogP contribution in [0.15, 0.2) is 59.5 Å². The van der Waals surface area contributed by atoms with Crippen LogP contribution in [0.1, 0.15) is 12.6 Å². The number of pyridine rings is 1. The van der Waals surface area contributed by atoms with Crippen molar-refractivity contribution in [3.8, 4) is 16.3 Å². The van der Waals surface area contributed by atoms with Crippen molar-refractivity contribution in [2.24, 2.45) is 0 Å². The molecular formula is C18H17N5O3S2. The third kappa shape index (κ3) is 3.75. The van der Waals surface area contributed by atoms with Crippen molar-refractivity contribution in [3.05, 3.63) is 60.9 Å². The lowest BCUT2D eigenvalue weighted by atomic mass is 10.2. The second-order valence-corrected chi connectivity index (χ2v) is 8.88. The van der Waals surface area contributed by atoms with Crippen molar-refractivity contribution < 1.29 is 13.2 Å². The Bertz CT molecular complexity index is 1180. The molecule has 0 aliphatic rings. The summed E-state index contributed by atoms with van der Waals surface area (Å²) in [5, 5.41) is 0. The van der Waals surface area contributed by atoms with Crippen molar-refractivity contribution in [1.29, 1.82) is 0 Å². The smallest absolute Gasteiger partial charge is 0.250 e. The lowest BCUT2D eigenvalue weighted by Crippen LogP contribution is -2.22. The van der Waals surface area contributed by atoms with Crippen LogP contribution in [-0.4, -0.2) is 34.4 Å². The Labute approximate surface area is 165 Å². The van der Waals surface area contributed by atoms with Crippen LogP contribution in [-0.2, 0) is 16.6 Å². The molecule has 10 heteroatoms. The summed E-state index contributed by atoms with van der Waals surface area (Å²) >= 11 is 1.17. The Morgan fingerprint density at radius 2 is 2.14 bits per heavy atom. The van der Waals surface area contributed by atoms with Crippen molar-refractivity contribution in [2.75, 3.05) is 6.61 Å². The van der Waals surface area contributed by atoms with Gasteiger partial charge in [-0.1, -0.05) is 0 Å². The van der Waals surface area contributed by atoms with Gasteiger partial charge in [-0.3, -0.25) is 4.98 Å². The molecule has 8 nitrogen and oxygen atoms in total. The van der Waals surface area contributed by atoms with Crippen LogP contribution in [0.3, 0.4) is 0 Å². The van der Waals surface area contributed by atoms with E-state index in [0.717, 1.165) is 10.4 Å². The Hall–Kier alpha value is -2.82. The standard InChI is InChI=1S/C18H17N5O3S2/c1-2-26-18-14(4-3-7-20-18)15-5-6-17(27-15)28(24,25)21-10-13-12-23-9-8-19-11-16(23)22-13/h3-9,11-12,21H,2,10H2,1H3. The number of thiophene rings is 1. The van der Waals surface area contributed by atoms with E-state index in [1.54, 1.807) is 53.6 Å². The number of nitrogens with one attached hydrogen (secondary N) is 1. The average molecular weight is 416 g/mol. The number of ether oxygens (including phenoxy) is 1. The molecule has 0 radical (unpaired) electrons. The van der Waals surface area contributed by atoms with E-state index in [9.17, 15) is 8.42 Å². The van der Waals surface area contributed by atoms with Crippen LogP contribution in [0.5, 0.6) is 5.88 Å². The minimum absolute atomic E-state index is 0.0916. The molecule has 0 saturated carbocycles. The fourth-order valence-corrected chi connectivity index (χ4v) is 5.03. The average Bonchev–Trinajstić information content (AvgIpc) is 3.34. The van der Waals surface area contributed by atoms with Gasteiger partial charge in [-0.25, -0.2) is 23.1 Å². The monoisotopic (exact) mass is 415 g/mol. The maximum atomic E-state index is 12.7. The van der Waals surface area contributed by atoms with Crippen molar-refractivity contribution in [1.82, 2.24) is 24.1 Å². The van der Waals surface area contributed by atoms with Crippen LogP contribution >= 0.6 is 11.3 Å². The fraction of sp³-hybridized carbons (Fsp3) is 0.167. The number of aromatic nitrogens is 4. The molecule has 4 heterocycles. The number of nitrogens with zero attached hydrogens (tertiary/aromatic N) is 4. The van der Waals surface area contributed by atoms with E-state index >= 15 is 0 Å². The molecule has 144 valence electrons. The summed E-state index contributed by atoms with van der Waals surface area (Å²) in [6.45, 7) is 2.45. The Balaban J connectivity index is 1.54. The molecule has 28 heavy (non-hydrogen) atoms. The van der Waals surface area contributed by atoms with Crippen LogP contribution in [0.2, 0.25) is 0 Å². The largest absolute Gasteiger partial charge is 0.477 e. The lowest BCUT2D eigenvalue weighted by Gasteiger charge is -2.06. The molecule has 0 aliphatic heterocycles. The Kier molecular flexibility index (Phi) is 5.07. The predicted octanol–water partition coefficient (Wildman–Crippen LogP) is 2.73. The topological polar surface area (TPSA) is 98.5 Å². The highest BCUT2D eigenvalue weighted by Gasteiger charge is 2.19. The second kappa shape index (κ2) is 7.66. The van der Waals surface area contributed by atoms with Gasteiger partial charge in [0.05, 0.1) is 30.6 Å². The highest BCUT2D eigenvalue weighted by Crippen LogP contribution is 2.35. The molecule has 0 unspecified atom stereocenters. The summed E-state index contributed by atoms with van der Waals surface area (Å²) in [6, 6.07) is 6.99. The van der Waals surface area contributed by atoms with Gasteiger partial charge in [0.2, 0.25) is 15.9 Å². The molecule has 4 rings (SSSR count). The summed E-state index contributed by atoms with van der Waals surface area (Å²) in [7, 11) is -3.67. The highest BCUT2D eigenvalue weighted by molar-refractivity contribution is 7.91. The first-order chi connectivity index (χ1) is 13.6. The maximum Gasteiger partial charge on any atom is 0.250 e.